The van der Waals surface area contributed by atoms with E-state index in [1.54, 1.807) is 6.07 Å². The van der Waals surface area contributed by atoms with Gasteiger partial charge in [-0.15, -0.1) is 0 Å². The van der Waals surface area contributed by atoms with E-state index < -0.39 is 4.92 Å². The lowest BCUT2D eigenvalue weighted by molar-refractivity contribution is -0.384. The number of hydrogen-bond donors (Lipinski definition) is 0. The summed E-state index contributed by atoms with van der Waals surface area (Å²) >= 11 is 5.55. The van der Waals surface area contributed by atoms with E-state index in [1.807, 2.05) is 0 Å². The SMILES string of the molecule is O=[N+]([O-])c1cc(SCl)ccc1Cl. The third-order valence-electron chi connectivity index (χ3n) is 1.20. The summed E-state index contributed by atoms with van der Waals surface area (Å²) in [6.45, 7) is 0. The Morgan fingerprint density at radius 3 is 2.67 bits per heavy atom. The number of rotatable bonds is 2. The molecule has 3 nitrogen and oxygen atoms in total. The minimum Gasteiger partial charge on any atom is -0.258 e. The van der Waals surface area contributed by atoms with E-state index in [2.05, 4.69) is 0 Å². The third-order valence-corrected chi connectivity index (χ3v) is 2.49. The summed E-state index contributed by atoms with van der Waals surface area (Å²) in [4.78, 5) is 10.4. The van der Waals surface area contributed by atoms with Crippen molar-refractivity contribution >= 4 is 38.9 Å². The molecule has 64 valence electrons. The number of nitro groups is 1. The molecule has 0 saturated heterocycles. The van der Waals surface area contributed by atoms with Gasteiger partial charge in [-0.2, -0.15) is 0 Å². The minimum atomic E-state index is -0.543. The van der Waals surface area contributed by atoms with Crippen LogP contribution in [0.2, 0.25) is 5.02 Å². The van der Waals surface area contributed by atoms with Crippen LogP contribution in [-0.4, -0.2) is 4.92 Å². The molecule has 0 N–H and O–H groups in total. The van der Waals surface area contributed by atoms with Crippen LogP contribution in [0.4, 0.5) is 5.69 Å². The Hall–Kier alpha value is -0.450. The van der Waals surface area contributed by atoms with Gasteiger partial charge in [0.15, 0.2) is 0 Å². The smallest absolute Gasteiger partial charge is 0.258 e. The van der Waals surface area contributed by atoms with Crippen LogP contribution in [0.5, 0.6) is 0 Å². The quantitative estimate of drug-likeness (QED) is 0.570. The molecule has 12 heavy (non-hydrogen) atoms. The third kappa shape index (κ3) is 2.03. The van der Waals surface area contributed by atoms with Crippen LogP contribution in [-0.2, 0) is 0 Å². The van der Waals surface area contributed by atoms with Crippen molar-refractivity contribution in [3.63, 3.8) is 0 Å². The van der Waals surface area contributed by atoms with Crippen molar-refractivity contribution in [1.29, 1.82) is 0 Å². The van der Waals surface area contributed by atoms with E-state index in [1.165, 1.54) is 12.1 Å². The van der Waals surface area contributed by atoms with E-state index in [0.29, 0.717) is 4.90 Å². The fraction of sp³-hybridized carbons (Fsp3) is 0. The van der Waals surface area contributed by atoms with Crippen molar-refractivity contribution in [3.8, 4) is 0 Å². The van der Waals surface area contributed by atoms with Crippen LogP contribution in [0.3, 0.4) is 0 Å². The molecule has 0 heterocycles. The normalized spacial score (nSPS) is 9.83. The van der Waals surface area contributed by atoms with Gasteiger partial charge < -0.3 is 0 Å². The maximum atomic E-state index is 10.4. The second kappa shape index (κ2) is 3.98. The molecule has 0 aliphatic heterocycles. The van der Waals surface area contributed by atoms with E-state index >= 15 is 0 Å². The summed E-state index contributed by atoms with van der Waals surface area (Å²) < 4.78 is 0. The first-order valence-electron chi connectivity index (χ1n) is 2.87. The molecule has 0 aliphatic rings. The lowest BCUT2D eigenvalue weighted by atomic mass is 10.3. The molecule has 0 aromatic heterocycles. The molecule has 0 aliphatic carbocycles. The zero-order valence-corrected chi connectivity index (χ0v) is 7.99. The van der Waals surface area contributed by atoms with Crippen molar-refractivity contribution in [2.45, 2.75) is 4.90 Å². The maximum Gasteiger partial charge on any atom is 0.289 e. The number of halogens is 2. The summed E-state index contributed by atoms with van der Waals surface area (Å²) in [7, 11) is 6.33. The minimum absolute atomic E-state index is 0.120. The Bertz CT molecular complexity index is 318. The number of benzene rings is 1. The highest BCUT2D eigenvalue weighted by Gasteiger charge is 2.12. The molecule has 6 heteroatoms. The van der Waals surface area contributed by atoms with Crippen LogP contribution < -0.4 is 0 Å². The molecular formula is C6H3Cl2NO2S. The van der Waals surface area contributed by atoms with Crippen LogP contribution in [0, 0.1) is 10.1 Å². The number of hydrogen-bond acceptors (Lipinski definition) is 3. The molecular weight excluding hydrogens is 221 g/mol. The molecule has 0 unspecified atom stereocenters. The first kappa shape index (κ1) is 9.64. The van der Waals surface area contributed by atoms with E-state index in [9.17, 15) is 10.1 Å². The standard InChI is InChI=1S/C6H3Cl2NO2S/c7-5-2-1-4(12-8)3-6(5)9(10)11/h1-3H. The fourth-order valence-corrected chi connectivity index (χ4v) is 1.43. The fourth-order valence-electron chi connectivity index (χ4n) is 0.680. The highest BCUT2D eigenvalue weighted by molar-refractivity contribution is 8.21. The largest absolute Gasteiger partial charge is 0.289 e. The van der Waals surface area contributed by atoms with Crippen LogP contribution in [0.15, 0.2) is 23.1 Å². The molecule has 0 spiro atoms. The molecule has 0 atom stereocenters. The first-order valence-corrected chi connectivity index (χ1v) is 4.89. The molecule has 0 saturated carbocycles. The predicted octanol–water partition coefficient (Wildman–Crippen LogP) is 3.49. The number of nitro benzene ring substituents is 1. The maximum absolute atomic E-state index is 10.4. The van der Waals surface area contributed by atoms with Crippen molar-refractivity contribution in [1.82, 2.24) is 0 Å². The van der Waals surface area contributed by atoms with Crippen molar-refractivity contribution in [2.75, 3.05) is 0 Å². The molecule has 0 amide bonds. The van der Waals surface area contributed by atoms with E-state index in [0.717, 1.165) is 11.0 Å². The van der Waals surface area contributed by atoms with Gasteiger partial charge in [0, 0.05) is 11.0 Å². The summed E-state index contributed by atoms with van der Waals surface area (Å²) in [5.41, 5.74) is -0.123. The summed E-state index contributed by atoms with van der Waals surface area (Å²) in [5, 5.41) is 10.5. The van der Waals surface area contributed by atoms with Gasteiger partial charge in [-0.05, 0) is 33.8 Å². The molecule has 0 radical (unpaired) electrons. The second-order valence-electron chi connectivity index (χ2n) is 1.95. The van der Waals surface area contributed by atoms with Crippen molar-refractivity contribution in [3.05, 3.63) is 33.3 Å². The second-order valence-corrected chi connectivity index (χ2v) is 3.44. The zero-order chi connectivity index (χ0) is 9.14. The van der Waals surface area contributed by atoms with Gasteiger partial charge in [0.1, 0.15) is 5.02 Å². The average Bonchev–Trinajstić information content (AvgIpc) is 2.05. The van der Waals surface area contributed by atoms with Gasteiger partial charge in [-0.25, -0.2) is 0 Å². The summed E-state index contributed by atoms with van der Waals surface area (Å²) in [6.07, 6.45) is 0. The lowest BCUT2D eigenvalue weighted by Crippen LogP contribution is -1.88. The van der Waals surface area contributed by atoms with Crippen molar-refractivity contribution < 1.29 is 4.92 Å². The van der Waals surface area contributed by atoms with E-state index in [4.69, 9.17) is 22.3 Å². The zero-order valence-electron chi connectivity index (χ0n) is 5.66. The topological polar surface area (TPSA) is 43.1 Å². The Balaban J connectivity index is 3.17. The van der Waals surface area contributed by atoms with Crippen LogP contribution >= 0.6 is 33.3 Å². The van der Waals surface area contributed by atoms with Crippen molar-refractivity contribution in [2.24, 2.45) is 0 Å². The van der Waals surface area contributed by atoms with Gasteiger partial charge in [0.05, 0.1) is 4.92 Å². The van der Waals surface area contributed by atoms with Gasteiger partial charge >= 0.3 is 0 Å². The molecule has 1 aromatic rings. The van der Waals surface area contributed by atoms with E-state index in [-0.39, 0.29) is 10.7 Å². The van der Waals surface area contributed by atoms with Gasteiger partial charge in [0.25, 0.3) is 5.69 Å². The van der Waals surface area contributed by atoms with Gasteiger partial charge in [0.2, 0.25) is 0 Å². The molecule has 1 rings (SSSR count). The average molecular weight is 224 g/mol. The Labute approximate surface area is 82.3 Å². The predicted molar refractivity (Wildman–Crippen MR) is 49.8 cm³/mol. The first-order chi connectivity index (χ1) is 5.65. The number of nitrogens with zero attached hydrogens (tertiary/aromatic N) is 1. The van der Waals surface area contributed by atoms with Gasteiger partial charge in [-0.1, -0.05) is 11.6 Å². The molecule has 0 fully saturated rings. The molecule has 1 aromatic carbocycles. The van der Waals surface area contributed by atoms with Gasteiger partial charge in [-0.3, -0.25) is 10.1 Å². The Morgan fingerprint density at radius 2 is 2.17 bits per heavy atom. The summed E-state index contributed by atoms with van der Waals surface area (Å²) in [5.74, 6) is 0. The highest BCUT2D eigenvalue weighted by atomic mass is 35.7. The molecule has 0 bridgehead atoms. The van der Waals surface area contributed by atoms with Crippen LogP contribution in [0.1, 0.15) is 0 Å². The Kier molecular flexibility index (Phi) is 3.20. The lowest BCUT2D eigenvalue weighted by Gasteiger charge is -1.96. The van der Waals surface area contributed by atoms with Crippen LogP contribution in [0.25, 0.3) is 0 Å². The summed E-state index contributed by atoms with van der Waals surface area (Å²) in [6, 6.07) is 4.40. The monoisotopic (exact) mass is 223 g/mol. The Morgan fingerprint density at radius 1 is 1.50 bits per heavy atom. The highest BCUT2D eigenvalue weighted by Crippen LogP contribution is 2.31.